The van der Waals surface area contributed by atoms with Crippen molar-refractivity contribution in [2.75, 3.05) is 13.7 Å². The van der Waals surface area contributed by atoms with Crippen LogP contribution in [0.15, 0.2) is 158 Å². The zero-order valence-electron chi connectivity index (χ0n) is 33.0. The minimum atomic E-state index is -1.03. The number of imidazole rings is 1. The maximum absolute atomic E-state index is 12.8. The van der Waals surface area contributed by atoms with Gasteiger partial charge < -0.3 is 9.47 Å². The van der Waals surface area contributed by atoms with Crippen molar-refractivity contribution in [2.45, 2.75) is 19.0 Å². The van der Waals surface area contributed by atoms with Gasteiger partial charge in [0.05, 0.1) is 42.3 Å². The molecule has 9 heteroatoms. The van der Waals surface area contributed by atoms with Crippen LogP contribution in [0.3, 0.4) is 0 Å². The summed E-state index contributed by atoms with van der Waals surface area (Å²) in [6, 6.07) is 41.1. The van der Waals surface area contributed by atoms with Crippen LogP contribution in [0.4, 0.5) is 0 Å². The normalized spacial score (nSPS) is 12.5. The first-order chi connectivity index (χ1) is 27.8. The van der Waals surface area contributed by atoms with Crippen molar-refractivity contribution in [3.05, 3.63) is 185 Å². The molecule has 0 saturated heterocycles. The van der Waals surface area contributed by atoms with Gasteiger partial charge in [0, 0.05) is 5.56 Å². The summed E-state index contributed by atoms with van der Waals surface area (Å²) in [5.41, 5.74) is 3.83. The number of benzene rings is 6. The molecule has 53 heavy (non-hydrogen) atoms. The van der Waals surface area contributed by atoms with E-state index < -0.39 is 11.5 Å². The highest BCUT2D eigenvalue weighted by molar-refractivity contribution is 6.02. The Morgan fingerprint density at radius 3 is 1.91 bits per heavy atom. The van der Waals surface area contributed by atoms with E-state index in [1.54, 1.807) is 52.7 Å². The highest BCUT2D eigenvalue weighted by atomic mass is 16.5. The molecule has 0 aliphatic carbocycles. The van der Waals surface area contributed by atoms with Crippen LogP contribution < -0.4 is 4.74 Å². The van der Waals surface area contributed by atoms with Gasteiger partial charge in [0.15, 0.2) is 5.54 Å². The molecule has 0 aliphatic heterocycles. The third-order valence-electron chi connectivity index (χ3n) is 9.13. The molecular formula is C44H36N6O3. The monoisotopic (exact) mass is 700 g/mol. The summed E-state index contributed by atoms with van der Waals surface area (Å²) >= 11 is 0. The van der Waals surface area contributed by atoms with Gasteiger partial charge in [-0.15, -0.1) is 15.0 Å². The van der Waals surface area contributed by atoms with Crippen LogP contribution in [0.1, 0.15) is 45.0 Å². The lowest BCUT2D eigenvalue weighted by molar-refractivity contribution is 0.0602. The van der Waals surface area contributed by atoms with Crippen LogP contribution in [-0.2, 0) is 16.8 Å². The third-order valence-corrected chi connectivity index (χ3v) is 9.13. The molecule has 2 aromatic heterocycles. The number of carbonyl (C=O) groups excluding carboxylic acids is 1. The molecule has 9 nitrogen and oxygen atoms in total. The molecule has 0 amide bonds. The topological polar surface area (TPSA) is 97.0 Å². The van der Waals surface area contributed by atoms with Gasteiger partial charge in [-0.05, 0) is 57.7 Å². The van der Waals surface area contributed by atoms with E-state index in [4.69, 9.17) is 14.6 Å². The second kappa shape index (κ2) is 14.4. The Bertz CT molecular complexity index is 2620. The number of tetrazole rings is 1. The minimum absolute atomic E-state index is 0.0805. The fourth-order valence-corrected chi connectivity index (χ4v) is 6.78. The molecule has 8 rings (SSSR count). The first-order valence-corrected chi connectivity index (χ1v) is 17.2. The van der Waals surface area contributed by atoms with E-state index in [0.29, 0.717) is 22.2 Å². The average Bonchev–Trinajstić information content (AvgIpc) is 3.88. The number of esters is 1. The molecule has 6 aromatic carbocycles. The molecule has 0 radical (unpaired) electrons. The first-order valence-electron chi connectivity index (χ1n) is 19.2. The first kappa shape index (κ1) is 28.8. The predicted octanol–water partition coefficient (Wildman–Crippen LogP) is 8.43. The van der Waals surface area contributed by atoms with Gasteiger partial charge in [-0.1, -0.05) is 145 Å². The van der Waals surface area contributed by atoms with Crippen molar-refractivity contribution in [3.8, 4) is 28.5 Å². The lowest BCUT2D eigenvalue weighted by atomic mass is 9.77. The second-order valence-corrected chi connectivity index (χ2v) is 12.2. The minimum Gasteiger partial charge on any atom is -0.465 e. The second-order valence-electron chi connectivity index (χ2n) is 12.2. The van der Waals surface area contributed by atoms with Crippen molar-refractivity contribution >= 4 is 17.0 Å². The molecule has 260 valence electrons. The largest absolute Gasteiger partial charge is 0.465 e. The Labute approximate surface area is 312 Å². The fourth-order valence-electron chi connectivity index (χ4n) is 6.78. The van der Waals surface area contributed by atoms with E-state index >= 15 is 0 Å². The van der Waals surface area contributed by atoms with Crippen LogP contribution in [0, 0.1) is 0 Å². The van der Waals surface area contributed by atoms with Crippen LogP contribution in [0.5, 0.6) is 6.01 Å². The summed E-state index contributed by atoms with van der Waals surface area (Å²) in [6.45, 7) is 1.90. The number of aromatic nitrogens is 6. The SMILES string of the molecule is [2H]c1c([2H])c(-c2ccccc2-c2nnn(C(c3ccccc3)(c3ccccc3)c3ccccc3)n2)c([2H])c([2H])c1Cn1c(OCC)nc2cccc(C(=O)OC)c21. The number of hydrogen-bond acceptors (Lipinski definition) is 7. The van der Waals surface area contributed by atoms with Gasteiger partial charge in [-0.2, -0.15) is 4.98 Å². The van der Waals surface area contributed by atoms with E-state index in [2.05, 4.69) is 15.3 Å². The average molecular weight is 701 g/mol. The Balaban J connectivity index is 1.28. The molecule has 0 saturated carbocycles. The quantitative estimate of drug-likeness (QED) is 0.0987. The molecule has 0 fully saturated rings. The van der Waals surface area contributed by atoms with Gasteiger partial charge in [0.25, 0.3) is 6.01 Å². The molecule has 0 atom stereocenters. The summed E-state index contributed by atoms with van der Waals surface area (Å²) in [6.07, 6.45) is 0. The van der Waals surface area contributed by atoms with Crippen molar-refractivity contribution in [3.63, 3.8) is 0 Å². The lowest BCUT2D eigenvalue weighted by Crippen LogP contribution is -2.39. The van der Waals surface area contributed by atoms with Crippen molar-refractivity contribution in [1.82, 2.24) is 29.8 Å². The molecular weight excluding hydrogens is 661 g/mol. The number of methoxy groups -OCH3 is 1. The smallest absolute Gasteiger partial charge is 0.340 e. The van der Waals surface area contributed by atoms with Gasteiger partial charge in [-0.25, -0.2) is 4.79 Å². The molecule has 8 aromatic rings. The van der Waals surface area contributed by atoms with Crippen molar-refractivity contribution in [1.29, 1.82) is 0 Å². The molecule has 0 spiro atoms. The van der Waals surface area contributed by atoms with E-state index in [0.717, 1.165) is 16.7 Å². The highest BCUT2D eigenvalue weighted by Gasteiger charge is 2.41. The number of fused-ring (bicyclic) bond motifs is 1. The highest BCUT2D eigenvalue weighted by Crippen LogP contribution is 2.40. The Morgan fingerprint density at radius 2 is 1.32 bits per heavy atom. The summed E-state index contributed by atoms with van der Waals surface area (Å²) < 4.78 is 49.5. The van der Waals surface area contributed by atoms with E-state index in [1.807, 2.05) is 97.1 Å². The van der Waals surface area contributed by atoms with E-state index in [1.165, 1.54) is 7.11 Å². The van der Waals surface area contributed by atoms with Gasteiger partial charge in [0.2, 0.25) is 5.82 Å². The standard InChI is InChI=1S/C44H36N6O3/c1-3-53-43-45-39-25-15-24-38(42(51)52-2)40(39)49(43)30-31-26-28-32(29-27-31)36-22-13-14-23-37(36)41-46-48-50(47-41)44(33-16-7-4-8-17-33,34-18-9-5-10-19-34)35-20-11-6-12-21-35/h4-29H,3,30H2,1-2H3/i26D,27D,28D,29D. The molecule has 0 aliphatic rings. The summed E-state index contributed by atoms with van der Waals surface area (Å²) in [4.78, 5) is 19.0. The summed E-state index contributed by atoms with van der Waals surface area (Å²) in [5, 5.41) is 14.3. The molecule has 0 bridgehead atoms. The summed E-state index contributed by atoms with van der Waals surface area (Å²) in [7, 11) is 1.28. The summed E-state index contributed by atoms with van der Waals surface area (Å²) in [5.74, 6) is -0.351. The van der Waals surface area contributed by atoms with Crippen molar-refractivity contribution in [2.24, 2.45) is 0 Å². The van der Waals surface area contributed by atoms with Gasteiger partial charge in [0.1, 0.15) is 0 Å². The number of carbonyl (C=O) groups is 1. The van der Waals surface area contributed by atoms with Crippen LogP contribution in [-0.4, -0.2) is 49.4 Å². The fraction of sp³-hybridized carbons (Fsp3) is 0.114. The van der Waals surface area contributed by atoms with Crippen molar-refractivity contribution < 1.29 is 19.8 Å². The van der Waals surface area contributed by atoms with E-state index in [9.17, 15) is 10.3 Å². The lowest BCUT2D eigenvalue weighted by Gasteiger charge is -2.34. The zero-order valence-corrected chi connectivity index (χ0v) is 29.0. The maximum atomic E-state index is 12.8. The number of nitrogens with zero attached hydrogens (tertiary/aromatic N) is 6. The zero-order chi connectivity index (χ0) is 39.7. The molecule has 0 N–H and O–H groups in total. The predicted molar refractivity (Wildman–Crippen MR) is 205 cm³/mol. The number of rotatable bonds is 11. The Kier molecular flexibility index (Phi) is 7.82. The molecule has 0 unspecified atom stereocenters. The van der Waals surface area contributed by atoms with Gasteiger partial charge in [-0.3, -0.25) is 4.57 Å². The number of ether oxygens (including phenoxy) is 2. The van der Waals surface area contributed by atoms with Crippen LogP contribution >= 0.6 is 0 Å². The Morgan fingerprint density at radius 1 is 0.736 bits per heavy atom. The maximum Gasteiger partial charge on any atom is 0.340 e. The number of para-hydroxylation sites is 1. The molecule has 2 heterocycles. The third kappa shape index (κ3) is 6.02. The van der Waals surface area contributed by atoms with Gasteiger partial charge >= 0.3 is 5.97 Å². The number of hydrogen-bond donors (Lipinski definition) is 0. The Hall–Kier alpha value is -6.87. The van der Waals surface area contributed by atoms with Crippen LogP contribution in [0.2, 0.25) is 0 Å². The van der Waals surface area contributed by atoms with E-state index in [-0.39, 0.29) is 65.8 Å². The van der Waals surface area contributed by atoms with Crippen LogP contribution in [0.25, 0.3) is 33.5 Å².